The highest BCUT2D eigenvalue weighted by Gasteiger charge is 2.04. The second-order valence-corrected chi connectivity index (χ2v) is 4.16. The molecule has 78 valence electrons. The van der Waals surface area contributed by atoms with Crippen LogP contribution in [-0.2, 0) is 6.54 Å². The van der Waals surface area contributed by atoms with Crippen LogP contribution in [0.4, 0.5) is 5.69 Å². The maximum absolute atomic E-state index is 5.96. The summed E-state index contributed by atoms with van der Waals surface area (Å²) in [5.41, 5.74) is 0.794. The number of aromatic nitrogens is 1. The average Bonchev–Trinajstić information content (AvgIpc) is 2.63. The second kappa shape index (κ2) is 4.68. The van der Waals surface area contributed by atoms with E-state index in [0.29, 0.717) is 11.6 Å². The summed E-state index contributed by atoms with van der Waals surface area (Å²) >= 11 is 9.34. The van der Waals surface area contributed by atoms with E-state index in [1.54, 1.807) is 24.7 Å². The third kappa shape index (κ3) is 2.52. The molecule has 0 bridgehead atoms. The quantitative estimate of drug-likeness (QED) is 0.935. The number of rotatable bonds is 3. The minimum atomic E-state index is 0.568. The first kappa shape index (κ1) is 10.5. The largest absolute Gasteiger partial charge is 0.466 e. The number of nitrogens with one attached hydrogen (secondary N) is 1. The molecule has 0 amide bonds. The smallest absolute Gasteiger partial charge is 0.136 e. The van der Waals surface area contributed by atoms with E-state index in [0.717, 1.165) is 15.9 Å². The van der Waals surface area contributed by atoms with E-state index < -0.39 is 0 Å². The molecule has 0 saturated heterocycles. The van der Waals surface area contributed by atoms with Crippen molar-refractivity contribution < 1.29 is 4.42 Å². The first-order valence-electron chi connectivity index (χ1n) is 4.32. The fourth-order valence-corrected chi connectivity index (χ4v) is 1.65. The Morgan fingerprint density at radius 1 is 1.47 bits per heavy atom. The highest BCUT2D eigenvalue weighted by atomic mass is 79.9. The van der Waals surface area contributed by atoms with Crippen LogP contribution in [-0.4, -0.2) is 4.98 Å². The number of pyridine rings is 1. The first-order valence-corrected chi connectivity index (χ1v) is 5.49. The van der Waals surface area contributed by atoms with Crippen molar-refractivity contribution in [3.8, 4) is 0 Å². The van der Waals surface area contributed by atoms with Gasteiger partial charge in [-0.05, 0) is 28.1 Å². The zero-order valence-corrected chi connectivity index (χ0v) is 10.0. The number of furan rings is 1. The molecule has 15 heavy (non-hydrogen) atoms. The van der Waals surface area contributed by atoms with Gasteiger partial charge in [0.1, 0.15) is 5.76 Å². The molecule has 0 radical (unpaired) electrons. The molecule has 0 saturated carbocycles. The Labute approximate surface area is 101 Å². The zero-order valence-electron chi connectivity index (χ0n) is 7.71. The van der Waals surface area contributed by atoms with Crippen molar-refractivity contribution in [1.29, 1.82) is 0 Å². The van der Waals surface area contributed by atoms with E-state index in [1.165, 1.54) is 0 Å². The van der Waals surface area contributed by atoms with Crippen molar-refractivity contribution in [3.63, 3.8) is 0 Å². The van der Waals surface area contributed by atoms with Gasteiger partial charge in [0.05, 0.1) is 34.2 Å². The van der Waals surface area contributed by atoms with Gasteiger partial charge in [0.25, 0.3) is 0 Å². The van der Waals surface area contributed by atoms with E-state index >= 15 is 0 Å². The summed E-state index contributed by atoms with van der Waals surface area (Å²) in [4.78, 5) is 3.98. The Morgan fingerprint density at radius 3 is 3.00 bits per heavy atom. The molecule has 2 aromatic heterocycles. The molecule has 2 heterocycles. The lowest BCUT2D eigenvalue weighted by Crippen LogP contribution is -1.99. The third-order valence-electron chi connectivity index (χ3n) is 1.90. The van der Waals surface area contributed by atoms with Crippen molar-refractivity contribution >= 4 is 33.2 Å². The molecule has 0 fully saturated rings. The molecule has 5 heteroatoms. The molecular weight excluding hydrogens is 279 g/mol. The standard InChI is InChI=1S/C10H8BrClN2O/c11-7-2-4-15-10(7)6-14-9-5-13-3-1-8(9)12/h1-5,14H,6H2. The van der Waals surface area contributed by atoms with Crippen molar-refractivity contribution in [2.24, 2.45) is 0 Å². The Morgan fingerprint density at radius 2 is 2.33 bits per heavy atom. The summed E-state index contributed by atoms with van der Waals surface area (Å²) in [6, 6.07) is 3.59. The monoisotopic (exact) mass is 286 g/mol. The van der Waals surface area contributed by atoms with Gasteiger partial charge >= 0.3 is 0 Å². The molecule has 0 unspecified atom stereocenters. The van der Waals surface area contributed by atoms with Crippen molar-refractivity contribution in [3.05, 3.63) is 46.0 Å². The highest BCUT2D eigenvalue weighted by Crippen LogP contribution is 2.22. The van der Waals surface area contributed by atoms with Gasteiger partial charge in [0.15, 0.2) is 0 Å². The fraction of sp³-hybridized carbons (Fsp3) is 0.100. The van der Waals surface area contributed by atoms with E-state index in [-0.39, 0.29) is 0 Å². The van der Waals surface area contributed by atoms with Crippen LogP contribution < -0.4 is 5.32 Å². The summed E-state index contributed by atoms with van der Waals surface area (Å²) in [6.07, 6.45) is 4.96. The molecule has 0 aromatic carbocycles. The van der Waals surface area contributed by atoms with Crippen molar-refractivity contribution in [2.75, 3.05) is 5.32 Å². The topological polar surface area (TPSA) is 38.1 Å². The predicted molar refractivity (Wildman–Crippen MR) is 63.0 cm³/mol. The Kier molecular flexibility index (Phi) is 3.28. The normalized spacial score (nSPS) is 10.3. The van der Waals surface area contributed by atoms with Gasteiger partial charge < -0.3 is 9.73 Å². The average molecular weight is 288 g/mol. The summed E-state index contributed by atoms with van der Waals surface area (Å²) in [5, 5.41) is 3.78. The van der Waals surface area contributed by atoms with Crippen molar-refractivity contribution in [1.82, 2.24) is 4.98 Å². The maximum atomic E-state index is 5.96. The third-order valence-corrected chi connectivity index (χ3v) is 2.93. The first-order chi connectivity index (χ1) is 7.27. The molecule has 0 aliphatic carbocycles. The number of nitrogens with zero attached hydrogens (tertiary/aromatic N) is 1. The SMILES string of the molecule is Clc1ccncc1NCc1occc1Br. The number of halogens is 2. The van der Waals surface area contributed by atoms with Crippen LogP contribution in [0, 0.1) is 0 Å². The molecule has 0 spiro atoms. The summed E-state index contributed by atoms with van der Waals surface area (Å²) in [7, 11) is 0. The van der Waals surface area contributed by atoms with E-state index in [2.05, 4.69) is 26.2 Å². The van der Waals surface area contributed by atoms with Gasteiger partial charge in [-0.25, -0.2) is 0 Å². The minimum absolute atomic E-state index is 0.568. The Balaban J connectivity index is 2.06. The maximum Gasteiger partial charge on any atom is 0.136 e. The molecule has 2 aromatic rings. The van der Waals surface area contributed by atoms with Crippen molar-refractivity contribution in [2.45, 2.75) is 6.54 Å². The molecule has 0 atom stereocenters. The van der Waals surface area contributed by atoms with Crippen LogP contribution >= 0.6 is 27.5 Å². The summed E-state index contributed by atoms with van der Waals surface area (Å²) in [5.74, 6) is 0.829. The molecule has 2 rings (SSSR count). The van der Waals surface area contributed by atoms with E-state index in [4.69, 9.17) is 16.0 Å². The van der Waals surface area contributed by atoms with Gasteiger partial charge in [-0.1, -0.05) is 11.6 Å². The fourth-order valence-electron chi connectivity index (χ4n) is 1.13. The molecule has 3 nitrogen and oxygen atoms in total. The van der Waals surface area contributed by atoms with Crippen LogP contribution in [0.1, 0.15) is 5.76 Å². The van der Waals surface area contributed by atoms with Crippen LogP contribution in [0.2, 0.25) is 5.02 Å². The molecule has 0 aliphatic rings. The van der Waals surface area contributed by atoms with Gasteiger partial charge in [0, 0.05) is 6.20 Å². The van der Waals surface area contributed by atoms with Crippen LogP contribution in [0.3, 0.4) is 0 Å². The summed E-state index contributed by atoms with van der Waals surface area (Å²) in [6.45, 7) is 0.568. The highest BCUT2D eigenvalue weighted by molar-refractivity contribution is 9.10. The lowest BCUT2D eigenvalue weighted by molar-refractivity contribution is 0.516. The van der Waals surface area contributed by atoms with Gasteiger partial charge in [-0.2, -0.15) is 0 Å². The van der Waals surface area contributed by atoms with Gasteiger partial charge in [-0.3, -0.25) is 4.98 Å². The van der Waals surface area contributed by atoms with Gasteiger partial charge in [-0.15, -0.1) is 0 Å². The number of hydrogen-bond acceptors (Lipinski definition) is 3. The van der Waals surface area contributed by atoms with Crippen LogP contribution in [0.15, 0.2) is 39.7 Å². The number of hydrogen-bond donors (Lipinski definition) is 1. The minimum Gasteiger partial charge on any atom is -0.466 e. The van der Waals surface area contributed by atoms with E-state index in [1.807, 2.05) is 6.07 Å². The zero-order chi connectivity index (χ0) is 10.7. The molecule has 0 aliphatic heterocycles. The lowest BCUT2D eigenvalue weighted by atomic mass is 10.4. The van der Waals surface area contributed by atoms with Crippen LogP contribution in [0.5, 0.6) is 0 Å². The van der Waals surface area contributed by atoms with E-state index in [9.17, 15) is 0 Å². The Hall–Kier alpha value is -1.00. The van der Waals surface area contributed by atoms with Crippen LogP contribution in [0.25, 0.3) is 0 Å². The van der Waals surface area contributed by atoms with Gasteiger partial charge in [0.2, 0.25) is 0 Å². The summed E-state index contributed by atoms with van der Waals surface area (Å²) < 4.78 is 6.19. The second-order valence-electron chi connectivity index (χ2n) is 2.90. The number of anilines is 1. The molecule has 1 N–H and O–H groups in total. The predicted octanol–water partition coefficient (Wildman–Crippen LogP) is 3.70. The lowest BCUT2D eigenvalue weighted by Gasteiger charge is -2.05. The molecular formula is C10H8BrClN2O. The Bertz CT molecular complexity index is 458.